The molecule has 0 saturated heterocycles. The molecule has 0 fully saturated rings. The summed E-state index contributed by atoms with van der Waals surface area (Å²) in [4.78, 5) is 35.1. The van der Waals surface area contributed by atoms with Gasteiger partial charge in [0.2, 0.25) is 5.91 Å². The number of carboxylic acids is 1. The van der Waals surface area contributed by atoms with Gasteiger partial charge in [-0.25, -0.2) is 4.79 Å². The Kier molecular flexibility index (Phi) is 12.3. The zero-order valence-corrected chi connectivity index (χ0v) is 16.3. The molecule has 156 valence electrons. The number of esters is 1. The number of hydrogen-bond donors (Lipinski definition) is 3. The molecular formula is C21H31NO6. The molecule has 0 aliphatic heterocycles. The fourth-order valence-corrected chi connectivity index (χ4v) is 2.71. The molecule has 0 saturated carbocycles. The summed E-state index contributed by atoms with van der Waals surface area (Å²) < 4.78 is 5.29. The molecule has 0 heterocycles. The fraction of sp³-hybridized carbons (Fsp3) is 0.571. The van der Waals surface area contributed by atoms with Crippen molar-refractivity contribution in [2.75, 3.05) is 13.2 Å². The first-order valence-electron chi connectivity index (χ1n) is 9.85. The molecule has 1 aromatic carbocycles. The van der Waals surface area contributed by atoms with Gasteiger partial charge < -0.3 is 20.3 Å². The number of unbranched alkanes of at least 4 members (excludes halogenated alkanes) is 4. The van der Waals surface area contributed by atoms with Crippen LogP contribution in [0, 0.1) is 0 Å². The van der Waals surface area contributed by atoms with Crippen LogP contribution in [0.25, 0.3) is 0 Å². The number of benzene rings is 1. The van der Waals surface area contributed by atoms with Crippen molar-refractivity contribution >= 4 is 17.8 Å². The SMILES string of the molecule is O=C(O)CCCCCOC(=O)[C@H](Cc1ccccc1)NC(=O)CCCCCO. The van der Waals surface area contributed by atoms with Gasteiger partial charge in [0.05, 0.1) is 6.61 Å². The number of amides is 1. The van der Waals surface area contributed by atoms with Crippen LogP contribution in [0.4, 0.5) is 0 Å². The molecule has 7 nitrogen and oxygen atoms in total. The molecule has 1 rings (SSSR count). The van der Waals surface area contributed by atoms with Gasteiger partial charge in [0.1, 0.15) is 6.04 Å². The third-order valence-electron chi connectivity index (χ3n) is 4.24. The lowest BCUT2D eigenvalue weighted by molar-refractivity contribution is -0.148. The lowest BCUT2D eigenvalue weighted by Crippen LogP contribution is -2.43. The predicted octanol–water partition coefficient (Wildman–Crippen LogP) is 2.45. The van der Waals surface area contributed by atoms with Crippen molar-refractivity contribution in [3.63, 3.8) is 0 Å². The summed E-state index contributed by atoms with van der Waals surface area (Å²) in [5.41, 5.74) is 0.923. The highest BCUT2D eigenvalue weighted by molar-refractivity contribution is 5.84. The quantitative estimate of drug-likeness (QED) is 0.312. The molecule has 1 amide bonds. The smallest absolute Gasteiger partial charge is 0.328 e. The topological polar surface area (TPSA) is 113 Å². The number of aliphatic hydroxyl groups is 1. The molecule has 0 spiro atoms. The highest BCUT2D eigenvalue weighted by atomic mass is 16.5. The van der Waals surface area contributed by atoms with Crippen LogP contribution < -0.4 is 5.32 Å². The van der Waals surface area contributed by atoms with Gasteiger partial charge in [-0.1, -0.05) is 36.8 Å². The summed E-state index contributed by atoms with van der Waals surface area (Å²) in [6.45, 7) is 0.313. The summed E-state index contributed by atoms with van der Waals surface area (Å²) in [5, 5.41) is 20.2. The summed E-state index contributed by atoms with van der Waals surface area (Å²) in [7, 11) is 0. The molecule has 1 atom stereocenters. The van der Waals surface area contributed by atoms with Crippen LogP contribution in [0.2, 0.25) is 0 Å². The summed E-state index contributed by atoms with van der Waals surface area (Å²) >= 11 is 0. The minimum Gasteiger partial charge on any atom is -0.481 e. The van der Waals surface area contributed by atoms with Gasteiger partial charge >= 0.3 is 11.9 Å². The Hall–Kier alpha value is -2.41. The zero-order valence-electron chi connectivity index (χ0n) is 16.3. The third-order valence-corrected chi connectivity index (χ3v) is 4.24. The van der Waals surface area contributed by atoms with Crippen LogP contribution in [0.3, 0.4) is 0 Å². The van der Waals surface area contributed by atoms with E-state index in [0.717, 1.165) is 12.0 Å². The molecule has 28 heavy (non-hydrogen) atoms. The van der Waals surface area contributed by atoms with E-state index in [4.69, 9.17) is 14.9 Å². The largest absolute Gasteiger partial charge is 0.481 e. The molecule has 0 aliphatic carbocycles. The number of ether oxygens (including phenoxy) is 1. The lowest BCUT2D eigenvalue weighted by Gasteiger charge is -2.18. The van der Waals surface area contributed by atoms with Crippen LogP contribution in [0.15, 0.2) is 30.3 Å². The summed E-state index contributed by atoms with van der Waals surface area (Å²) in [6.07, 6.45) is 4.63. The number of aliphatic carboxylic acids is 1. The van der Waals surface area contributed by atoms with Crippen molar-refractivity contribution in [2.24, 2.45) is 0 Å². The van der Waals surface area contributed by atoms with E-state index in [9.17, 15) is 14.4 Å². The highest BCUT2D eigenvalue weighted by Gasteiger charge is 2.22. The van der Waals surface area contributed by atoms with Gasteiger partial charge in [-0.15, -0.1) is 0 Å². The van der Waals surface area contributed by atoms with E-state index in [1.54, 1.807) is 0 Å². The number of nitrogens with one attached hydrogen (secondary N) is 1. The van der Waals surface area contributed by atoms with Gasteiger partial charge in [0, 0.05) is 25.9 Å². The monoisotopic (exact) mass is 393 g/mol. The molecule has 3 N–H and O–H groups in total. The minimum absolute atomic E-state index is 0.108. The molecule has 0 bridgehead atoms. The Balaban J connectivity index is 2.48. The van der Waals surface area contributed by atoms with Crippen LogP contribution in [0.1, 0.15) is 56.9 Å². The average Bonchev–Trinajstić information content (AvgIpc) is 2.68. The standard InChI is InChI=1S/C21H31NO6/c23-14-8-2-6-12-19(24)22-18(16-17-10-4-1-5-11-17)21(27)28-15-9-3-7-13-20(25)26/h1,4-5,10-11,18,23H,2-3,6-9,12-16H2,(H,22,24)(H,25,26)/t18-/m0/s1. The van der Waals surface area contributed by atoms with Gasteiger partial charge in [-0.05, 0) is 37.7 Å². The molecule has 0 aromatic heterocycles. The van der Waals surface area contributed by atoms with Crippen LogP contribution in [-0.4, -0.2) is 47.3 Å². The van der Waals surface area contributed by atoms with E-state index in [1.165, 1.54) is 0 Å². The summed E-state index contributed by atoms with van der Waals surface area (Å²) in [6, 6.07) is 8.65. The second-order valence-corrected chi connectivity index (χ2v) is 6.72. The van der Waals surface area contributed by atoms with E-state index >= 15 is 0 Å². The number of rotatable bonds is 15. The van der Waals surface area contributed by atoms with E-state index in [0.29, 0.717) is 44.9 Å². The molecule has 0 aliphatic rings. The maximum Gasteiger partial charge on any atom is 0.328 e. The fourth-order valence-electron chi connectivity index (χ4n) is 2.71. The van der Waals surface area contributed by atoms with E-state index in [1.807, 2.05) is 30.3 Å². The molecular weight excluding hydrogens is 362 g/mol. The van der Waals surface area contributed by atoms with Crippen molar-refractivity contribution in [1.82, 2.24) is 5.32 Å². The molecule has 0 radical (unpaired) electrons. The van der Waals surface area contributed by atoms with Gasteiger partial charge in [0.15, 0.2) is 0 Å². The van der Waals surface area contributed by atoms with Crippen LogP contribution >= 0.6 is 0 Å². The van der Waals surface area contributed by atoms with Crippen molar-refractivity contribution in [3.05, 3.63) is 35.9 Å². The summed E-state index contributed by atoms with van der Waals surface area (Å²) in [5.74, 6) is -1.52. The molecule has 7 heteroatoms. The Morgan fingerprint density at radius 1 is 0.929 bits per heavy atom. The van der Waals surface area contributed by atoms with Crippen molar-refractivity contribution in [1.29, 1.82) is 0 Å². The predicted molar refractivity (Wildman–Crippen MR) is 105 cm³/mol. The van der Waals surface area contributed by atoms with E-state index < -0.39 is 18.0 Å². The normalized spacial score (nSPS) is 11.6. The van der Waals surface area contributed by atoms with Crippen molar-refractivity contribution < 1.29 is 29.3 Å². The third kappa shape index (κ3) is 11.3. The van der Waals surface area contributed by atoms with Crippen LogP contribution in [-0.2, 0) is 25.5 Å². The Morgan fingerprint density at radius 3 is 2.29 bits per heavy atom. The van der Waals surface area contributed by atoms with Crippen molar-refractivity contribution in [2.45, 2.75) is 63.8 Å². The lowest BCUT2D eigenvalue weighted by atomic mass is 10.1. The van der Waals surface area contributed by atoms with E-state index in [-0.39, 0.29) is 25.5 Å². The minimum atomic E-state index is -0.832. The molecule has 0 unspecified atom stereocenters. The first-order valence-corrected chi connectivity index (χ1v) is 9.85. The zero-order chi connectivity index (χ0) is 20.6. The van der Waals surface area contributed by atoms with Gasteiger partial charge in [-0.3, -0.25) is 9.59 Å². The first kappa shape index (κ1) is 23.6. The van der Waals surface area contributed by atoms with Gasteiger partial charge in [0.25, 0.3) is 0 Å². The van der Waals surface area contributed by atoms with Gasteiger partial charge in [-0.2, -0.15) is 0 Å². The maximum absolute atomic E-state index is 12.4. The second kappa shape index (κ2) is 14.6. The van der Waals surface area contributed by atoms with E-state index in [2.05, 4.69) is 5.32 Å². The average molecular weight is 393 g/mol. The Labute approximate surface area is 166 Å². The second-order valence-electron chi connectivity index (χ2n) is 6.72. The maximum atomic E-state index is 12.4. The number of carbonyl (C=O) groups excluding carboxylic acids is 2. The Bertz CT molecular complexity index is 590. The highest BCUT2D eigenvalue weighted by Crippen LogP contribution is 2.07. The number of aliphatic hydroxyl groups excluding tert-OH is 1. The first-order chi connectivity index (χ1) is 13.5. The number of hydrogen-bond acceptors (Lipinski definition) is 5. The molecule has 1 aromatic rings. The van der Waals surface area contributed by atoms with Crippen molar-refractivity contribution in [3.8, 4) is 0 Å². The number of carbonyl (C=O) groups is 3. The number of carboxylic acid groups (broad SMARTS) is 1. The van der Waals surface area contributed by atoms with Crippen LogP contribution in [0.5, 0.6) is 0 Å². The Morgan fingerprint density at radius 2 is 1.61 bits per heavy atom.